The van der Waals surface area contributed by atoms with Crippen LogP contribution < -0.4 is 5.32 Å². The van der Waals surface area contributed by atoms with E-state index in [9.17, 15) is 0 Å². The molecule has 1 N–H and O–H groups in total. The lowest BCUT2D eigenvalue weighted by molar-refractivity contribution is 0.426. The lowest BCUT2D eigenvalue weighted by atomic mass is 9.77. The highest BCUT2D eigenvalue weighted by Crippen LogP contribution is 2.52. The van der Waals surface area contributed by atoms with Crippen molar-refractivity contribution in [1.82, 2.24) is 0 Å². The van der Waals surface area contributed by atoms with Crippen LogP contribution in [0.4, 0.5) is 5.69 Å². The second-order valence-corrected chi connectivity index (χ2v) is 7.78. The molecule has 2 aliphatic rings. The lowest BCUT2D eigenvalue weighted by Crippen LogP contribution is -2.29. The maximum absolute atomic E-state index is 6.51. The molecule has 0 saturated heterocycles. The number of nitrogens with one attached hydrogen (secondary N) is 1. The standard InChI is InChI=1S/C22H17Cl2N/c23-16-11-19-17-6-3-7-18(17)21(25-22(19)20(24)12-16)15-9-8-13-4-1-2-5-14(13)10-15/h1-6,8-12,17-18,21,25H,7H2. The fraction of sp³-hybridized carbons (Fsp3) is 0.182. The van der Waals surface area contributed by atoms with E-state index in [1.54, 1.807) is 0 Å². The number of anilines is 1. The summed E-state index contributed by atoms with van der Waals surface area (Å²) in [6, 6.07) is 19.4. The molecule has 3 aromatic carbocycles. The van der Waals surface area contributed by atoms with Gasteiger partial charge in [0.05, 0.1) is 16.8 Å². The largest absolute Gasteiger partial charge is 0.376 e. The molecule has 0 spiro atoms. The zero-order valence-electron chi connectivity index (χ0n) is 13.5. The number of hydrogen-bond donors (Lipinski definition) is 1. The van der Waals surface area contributed by atoms with Gasteiger partial charge in [-0.25, -0.2) is 0 Å². The molecular formula is C22H17Cl2N. The van der Waals surface area contributed by atoms with Gasteiger partial charge in [-0.05, 0) is 52.4 Å². The Kier molecular flexibility index (Phi) is 3.55. The molecule has 0 saturated carbocycles. The van der Waals surface area contributed by atoms with E-state index in [4.69, 9.17) is 23.2 Å². The van der Waals surface area contributed by atoms with Crippen LogP contribution in [-0.2, 0) is 0 Å². The molecule has 0 radical (unpaired) electrons. The van der Waals surface area contributed by atoms with Gasteiger partial charge in [-0.3, -0.25) is 0 Å². The third-order valence-corrected chi connectivity index (χ3v) is 6.03. The van der Waals surface area contributed by atoms with Gasteiger partial charge >= 0.3 is 0 Å². The fourth-order valence-electron chi connectivity index (χ4n) is 4.35. The molecular weight excluding hydrogens is 349 g/mol. The van der Waals surface area contributed by atoms with Crippen molar-refractivity contribution >= 4 is 39.7 Å². The van der Waals surface area contributed by atoms with Gasteiger partial charge in [0.1, 0.15) is 0 Å². The fourth-order valence-corrected chi connectivity index (χ4v) is 4.92. The predicted octanol–water partition coefficient (Wildman–Crippen LogP) is 6.97. The number of fused-ring (bicyclic) bond motifs is 4. The molecule has 0 bridgehead atoms. The highest BCUT2D eigenvalue weighted by Gasteiger charge is 2.38. The van der Waals surface area contributed by atoms with Crippen LogP contribution in [0.15, 0.2) is 66.7 Å². The molecule has 5 rings (SSSR count). The summed E-state index contributed by atoms with van der Waals surface area (Å²) in [5.41, 5.74) is 3.55. The van der Waals surface area contributed by atoms with Crippen molar-refractivity contribution < 1.29 is 0 Å². The Labute approximate surface area is 157 Å². The minimum absolute atomic E-state index is 0.246. The zero-order valence-corrected chi connectivity index (χ0v) is 15.1. The van der Waals surface area contributed by atoms with Gasteiger partial charge in [-0.1, -0.05) is 71.8 Å². The predicted molar refractivity (Wildman–Crippen MR) is 107 cm³/mol. The minimum Gasteiger partial charge on any atom is -0.376 e. The first-order valence-electron chi connectivity index (χ1n) is 8.61. The summed E-state index contributed by atoms with van der Waals surface area (Å²) in [4.78, 5) is 0. The Morgan fingerprint density at radius 1 is 0.920 bits per heavy atom. The lowest BCUT2D eigenvalue weighted by Gasteiger charge is -2.38. The van der Waals surface area contributed by atoms with Gasteiger partial charge in [0.15, 0.2) is 0 Å². The zero-order chi connectivity index (χ0) is 17.0. The quantitative estimate of drug-likeness (QED) is 0.459. The third-order valence-electron chi connectivity index (χ3n) is 5.52. The second kappa shape index (κ2) is 5.79. The summed E-state index contributed by atoms with van der Waals surface area (Å²) >= 11 is 12.8. The summed E-state index contributed by atoms with van der Waals surface area (Å²) in [7, 11) is 0. The van der Waals surface area contributed by atoms with E-state index < -0.39 is 0 Å². The first kappa shape index (κ1) is 15.3. The average molecular weight is 366 g/mol. The number of halogens is 2. The summed E-state index contributed by atoms with van der Waals surface area (Å²) in [6.07, 6.45) is 5.67. The number of benzene rings is 3. The molecule has 1 aliphatic heterocycles. The summed E-state index contributed by atoms with van der Waals surface area (Å²) in [5, 5.41) is 7.66. The Morgan fingerprint density at radius 2 is 1.76 bits per heavy atom. The monoisotopic (exact) mass is 365 g/mol. The van der Waals surface area contributed by atoms with Crippen LogP contribution in [-0.4, -0.2) is 0 Å². The Balaban J connectivity index is 1.64. The first-order chi connectivity index (χ1) is 12.2. The minimum atomic E-state index is 0.246. The van der Waals surface area contributed by atoms with E-state index in [0.29, 0.717) is 21.9 Å². The summed E-state index contributed by atoms with van der Waals surface area (Å²) in [5.74, 6) is 0.854. The van der Waals surface area contributed by atoms with E-state index in [0.717, 1.165) is 12.1 Å². The molecule has 25 heavy (non-hydrogen) atoms. The van der Waals surface area contributed by atoms with Crippen LogP contribution in [0.3, 0.4) is 0 Å². The second-order valence-electron chi connectivity index (χ2n) is 6.93. The van der Waals surface area contributed by atoms with Crippen LogP contribution in [0, 0.1) is 5.92 Å². The Morgan fingerprint density at radius 3 is 2.64 bits per heavy atom. The van der Waals surface area contributed by atoms with Gasteiger partial charge in [-0.15, -0.1) is 0 Å². The third kappa shape index (κ3) is 2.46. The molecule has 1 aliphatic carbocycles. The normalized spacial score (nSPS) is 24.0. The molecule has 3 atom stereocenters. The molecule has 124 valence electrons. The van der Waals surface area contributed by atoms with Gasteiger partial charge in [0.25, 0.3) is 0 Å². The molecule has 1 heterocycles. The van der Waals surface area contributed by atoms with Crippen LogP contribution in [0.2, 0.25) is 10.0 Å². The Hall–Kier alpha value is -1.96. The van der Waals surface area contributed by atoms with E-state index in [1.165, 1.54) is 21.9 Å². The highest BCUT2D eigenvalue weighted by atomic mass is 35.5. The van der Waals surface area contributed by atoms with E-state index in [-0.39, 0.29) is 6.04 Å². The molecule has 0 aromatic heterocycles. The Bertz CT molecular complexity index is 1010. The number of hydrogen-bond acceptors (Lipinski definition) is 1. The first-order valence-corrected chi connectivity index (χ1v) is 9.37. The molecule has 3 unspecified atom stereocenters. The van der Waals surface area contributed by atoms with Crippen LogP contribution in [0.1, 0.15) is 29.5 Å². The molecule has 0 fully saturated rings. The summed E-state index contributed by atoms with van der Waals surface area (Å²) in [6.45, 7) is 0. The maximum Gasteiger partial charge on any atom is 0.0655 e. The van der Waals surface area contributed by atoms with E-state index in [2.05, 4.69) is 66.0 Å². The number of rotatable bonds is 1. The molecule has 3 aromatic rings. The van der Waals surface area contributed by atoms with Gasteiger partial charge in [0, 0.05) is 10.9 Å². The van der Waals surface area contributed by atoms with Crippen molar-refractivity contribution in [3.8, 4) is 0 Å². The SMILES string of the molecule is Clc1cc(Cl)c2c(c1)C1C=CCC1C(c1ccc3ccccc3c1)N2. The molecule has 1 nitrogen and oxygen atoms in total. The number of allylic oxidation sites excluding steroid dienone is 2. The van der Waals surface area contributed by atoms with E-state index in [1.807, 2.05) is 6.07 Å². The van der Waals surface area contributed by atoms with Gasteiger partial charge in [-0.2, -0.15) is 0 Å². The van der Waals surface area contributed by atoms with Gasteiger partial charge < -0.3 is 5.32 Å². The smallest absolute Gasteiger partial charge is 0.0655 e. The maximum atomic E-state index is 6.51. The van der Waals surface area contributed by atoms with Crippen LogP contribution >= 0.6 is 23.2 Å². The van der Waals surface area contributed by atoms with Crippen LogP contribution in [0.5, 0.6) is 0 Å². The summed E-state index contributed by atoms with van der Waals surface area (Å²) < 4.78 is 0. The van der Waals surface area contributed by atoms with Crippen molar-refractivity contribution in [3.63, 3.8) is 0 Å². The average Bonchev–Trinajstić information content (AvgIpc) is 3.11. The van der Waals surface area contributed by atoms with Gasteiger partial charge in [0.2, 0.25) is 0 Å². The highest BCUT2D eigenvalue weighted by molar-refractivity contribution is 6.36. The van der Waals surface area contributed by atoms with Crippen molar-refractivity contribution in [2.75, 3.05) is 5.32 Å². The topological polar surface area (TPSA) is 12.0 Å². The van der Waals surface area contributed by atoms with Crippen molar-refractivity contribution in [3.05, 3.63) is 87.9 Å². The molecule has 3 heteroatoms. The molecule has 0 amide bonds. The van der Waals surface area contributed by atoms with Crippen LogP contribution in [0.25, 0.3) is 10.8 Å². The van der Waals surface area contributed by atoms with Crippen molar-refractivity contribution in [2.24, 2.45) is 5.92 Å². The van der Waals surface area contributed by atoms with Crippen molar-refractivity contribution in [1.29, 1.82) is 0 Å². The van der Waals surface area contributed by atoms with Crippen molar-refractivity contribution in [2.45, 2.75) is 18.4 Å². The van der Waals surface area contributed by atoms with E-state index >= 15 is 0 Å².